The molecule has 0 spiro atoms. The molecule has 0 aliphatic carbocycles. The second-order valence-electron chi connectivity index (χ2n) is 7.39. The van der Waals surface area contributed by atoms with Gasteiger partial charge in [0.05, 0.1) is 18.8 Å². The number of nitrogens with zero attached hydrogens (tertiary/aromatic N) is 3. The third-order valence-corrected chi connectivity index (χ3v) is 5.12. The van der Waals surface area contributed by atoms with Gasteiger partial charge in [-0.3, -0.25) is 4.79 Å². The Bertz CT molecular complexity index is 1100. The molecule has 4 heterocycles. The van der Waals surface area contributed by atoms with Crippen molar-refractivity contribution in [1.29, 1.82) is 0 Å². The summed E-state index contributed by atoms with van der Waals surface area (Å²) in [4.78, 5) is 16.9. The van der Waals surface area contributed by atoms with Gasteiger partial charge in [0.1, 0.15) is 23.0 Å². The maximum Gasteiger partial charge on any atom is 0.271 e. The standard InChI is InChI=1S/C19H18FN5O2/c1-10-13-6-12(20)5-11-7-19(2,27-17(11)13)9-22-18(26)14-8-21-16-4-3-15(23-10)24-25(14)16/h3-6,8,10H,7,9H2,1-2H3,(H,22,26)(H,23,24)/t10-,19-/m1/s1. The molecule has 5 rings (SSSR count). The number of aromatic nitrogens is 3. The Balaban J connectivity index is 1.68. The number of nitrogens with one attached hydrogen (secondary N) is 2. The molecular weight excluding hydrogens is 349 g/mol. The van der Waals surface area contributed by atoms with Crippen molar-refractivity contribution in [3.8, 4) is 5.75 Å². The van der Waals surface area contributed by atoms with Crippen LogP contribution in [-0.4, -0.2) is 32.7 Å². The van der Waals surface area contributed by atoms with E-state index in [1.165, 1.54) is 22.8 Å². The van der Waals surface area contributed by atoms with Crippen LogP contribution >= 0.6 is 0 Å². The molecular formula is C19H18FN5O2. The summed E-state index contributed by atoms with van der Waals surface area (Å²) < 4.78 is 21.9. The first-order valence-corrected chi connectivity index (χ1v) is 8.83. The van der Waals surface area contributed by atoms with Crippen LogP contribution in [0.2, 0.25) is 0 Å². The molecule has 8 heteroatoms. The summed E-state index contributed by atoms with van der Waals surface area (Å²) >= 11 is 0. The Morgan fingerprint density at radius 3 is 3.07 bits per heavy atom. The van der Waals surface area contributed by atoms with E-state index in [0.29, 0.717) is 29.3 Å². The molecule has 0 saturated heterocycles. The molecule has 4 bridgehead atoms. The fraction of sp³-hybridized carbons (Fsp3) is 0.316. The Labute approximate surface area is 154 Å². The normalized spacial score (nSPS) is 23.8. The quantitative estimate of drug-likeness (QED) is 0.638. The lowest BCUT2D eigenvalue weighted by atomic mass is 9.97. The maximum absolute atomic E-state index is 14.2. The van der Waals surface area contributed by atoms with Crippen LogP contribution < -0.4 is 15.4 Å². The first-order chi connectivity index (χ1) is 12.9. The van der Waals surface area contributed by atoms with Crippen LogP contribution in [0.5, 0.6) is 5.75 Å². The van der Waals surface area contributed by atoms with Crippen molar-refractivity contribution >= 4 is 17.4 Å². The van der Waals surface area contributed by atoms with Crippen molar-refractivity contribution in [2.45, 2.75) is 31.9 Å². The van der Waals surface area contributed by atoms with Crippen molar-refractivity contribution < 1.29 is 13.9 Å². The van der Waals surface area contributed by atoms with Gasteiger partial charge in [-0.2, -0.15) is 0 Å². The van der Waals surface area contributed by atoms with Crippen LogP contribution in [-0.2, 0) is 6.42 Å². The predicted octanol–water partition coefficient (Wildman–Crippen LogP) is 2.48. The molecule has 2 aliphatic heterocycles. The average Bonchev–Trinajstić information content (AvgIpc) is 3.18. The number of carbonyl (C=O) groups excluding carboxylic acids is 1. The Morgan fingerprint density at radius 1 is 1.37 bits per heavy atom. The van der Waals surface area contributed by atoms with E-state index in [2.05, 4.69) is 20.7 Å². The summed E-state index contributed by atoms with van der Waals surface area (Å²) in [5.41, 5.74) is 1.81. The number of fused-ring (bicyclic) bond motifs is 2. The van der Waals surface area contributed by atoms with Crippen LogP contribution in [0.1, 0.15) is 41.5 Å². The minimum absolute atomic E-state index is 0.238. The summed E-state index contributed by atoms with van der Waals surface area (Å²) in [6.45, 7) is 4.13. The summed E-state index contributed by atoms with van der Waals surface area (Å²) in [5.74, 6) is 0.642. The van der Waals surface area contributed by atoms with Gasteiger partial charge in [0, 0.05) is 17.5 Å². The summed E-state index contributed by atoms with van der Waals surface area (Å²) in [6, 6.07) is 6.32. The fourth-order valence-electron chi connectivity index (χ4n) is 3.80. The minimum Gasteiger partial charge on any atom is -0.485 e. The minimum atomic E-state index is -0.649. The van der Waals surface area contributed by atoms with Gasteiger partial charge in [0.25, 0.3) is 5.91 Å². The molecule has 3 aromatic rings. The molecule has 27 heavy (non-hydrogen) atoms. The first-order valence-electron chi connectivity index (χ1n) is 8.83. The highest BCUT2D eigenvalue weighted by molar-refractivity contribution is 5.93. The second kappa shape index (κ2) is 5.42. The van der Waals surface area contributed by atoms with Crippen LogP contribution in [0.25, 0.3) is 5.65 Å². The van der Waals surface area contributed by atoms with E-state index in [1.54, 1.807) is 12.1 Å². The molecule has 7 nitrogen and oxygen atoms in total. The molecule has 2 atom stereocenters. The van der Waals surface area contributed by atoms with Gasteiger partial charge in [-0.05, 0) is 38.1 Å². The third-order valence-electron chi connectivity index (χ3n) is 5.12. The van der Waals surface area contributed by atoms with E-state index in [1.807, 2.05) is 13.8 Å². The fourth-order valence-corrected chi connectivity index (χ4v) is 3.80. The van der Waals surface area contributed by atoms with E-state index in [-0.39, 0.29) is 24.3 Å². The molecule has 0 unspecified atom stereocenters. The zero-order valence-electron chi connectivity index (χ0n) is 14.9. The number of ether oxygens (including phenoxy) is 1. The first kappa shape index (κ1) is 16.0. The van der Waals surface area contributed by atoms with E-state index in [9.17, 15) is 9.18 Å². The predicted molar refractivity (Wildman–Crippen MR) is 96.5 cm³/mol. The maximum atomic E-state index is 14.2. The molecule has 0 radical (unpaired) electrons. The number of hydrogen-bond donors (Lipinski definition) is 2. The Morgan fingerprint density at radius 2 is 2.22 bits per heavy atom. The van der Waals surface area contributed by atoms with E-state index < -0.39 is 5.60 Å². The number of hydrogen-bond acceptors (Lipinski definition) is 5. The highest BCUT2D eigenvalue weighted by Gasteiger charge is 2.38. The third kappa shape index (κ3) is 2.51. The smallest absolute Gasteiger partial charge is 0.271 e. The number of amides is 1. The number of rotatable bonds is 0. The Hall–Kier alpha value is -3.16. The average molecular weight is 367 g/mol. The van der Waals surface area contributed by atoms with Gasteiger partial charge in [-0.25, -0.2) is 13.9 Å². The number of imidazole rings is 1. The molecule has 1 amide bonds. The molecule has 2 N–H and O–H groups in total. The molecule has 2 aliphatic rings. The van der Waals surface area contributed by atoms with Gasteiger partial charge in [0.2, 0.25) is 0 Å². The van der Waals surface area contributed by atoms with Crippen molar-refractivity contribution in [1.82, 2.24) is 19.9 Å². The monoisotopic (exact) mass is 367 g/mol. The summed E-state index contributed by atoms with van der Waals surface area (Å²) in [5, 5.41) is 10.6. The second-order valence-corrected chi connectivity index (χ2v) is 7.39. The van der Waals surface area contributed by atoms with Crippen LogP contribution in [0.3, 0.4) is 0 Å². The van der Waals surface area contributed by atoms with Gasteiger partial charge in [-0.15, -0.1) is 5.10 Å². The highest BCUT2D eigenvalue weighted by Crippen LogP contribution is 2.41. The topological polar surface area (TPSA) is 80.5 Å². The van der Waals surface area contributed by atoms with Crippen molar-refractivity contribution in [2.75, 3.05) is 11.9 Å². The number of carbonyl (C=O) groups is 1. The molecule has 2 aromatic heterocycles. The summed E-state index contributed by atoms with van der Waals surface area (Å²) in [6.07, 6.45) is 2.02. The largest absolute Gasteiger partial charge is 0.485 e. The van der Waals surface area contributed by atoms with E-state index in [4.69, 9.17) is 4.74 Å². The van der Waals surface area contributed by atoms with E-state index in [0.717, 1.165) is 11.1 Å². The van der Waals surface area contributed by atoms with Gasteiger partial charge in [0.15, 0.2) is 11.3 Å². The zero-order valence-corrected chi connectivity index (χ0v) is 14.9. The van der Waals surface area contributed by atoms with Crippen LogP contribution in [0, 0.1) is 5.82 Å². The summed E-state index contributed by atoms with van der Waals surface area (Å²) in [7, 11) is 0. The van der Waals surface area contributed by atoms with E-state index >= 15 is 0 Å². The number of halogens is 1. The SMILES string of the molecule is C[C@H]1Nc2ccc3ncc(n3n2)C(=O)NC[C@@]2(C)Cc3cc(F)cc1c3O2. The van der Waals surface area contributed by atoms with Crippen molar-refractivity contribution in [3.05, 3.63) is 53.1 Å². The van der Waals surface area contributed by atoms with Crippen molar-refractivity contribution in [3.63, 3.8) is 0 Å². The van der Waals surface area contributed by atoms with Crippen LogP contribution in [0.15, 0.2) is 30.5 Å². The lowest BCUT2D eigenvalue weighted by molar-refractivity contribution is 0.0832. The zero-order chi connectivity index (χ0) is 18.8. The lowest BCUT2D eigenvalue weighted by Crippen LogP contribution is -2.44. The molecule has 138 valence electrons. The number of benzene rings is 1. The molecule has 1 aromatic carbocycles. The van der Waals surface area contributed by atoms with Gasteiger partial charge >= 0.3 is 0 Å². The molecule has 0 fully saturated rings. The van der Waals surface area contributed by atoms with Crippen molar-refractivity contribution in [2.24, 2.45) is 0 Å². The van der Waals surface area contributed by atoms with Gasteiger partial charge in [-0.1, -0.05) is 0 Å². The van der Waals surface area contributed by atoms with Crippen LogP contribution in [0.4, 0.5) is 10.2 Å². The molecule has 0 saturated carbocycles. The number of anilines is 1. The lowest BCUT2D eigenvalue weighted by Gasteiger charge is -2.25. The highest BCUT2D eigenvalue weighted by atomic mass is 19.1. The Kier molecular flexibility index (Phi) is 3.22. The van der Waals surface area contributed by atoms with Gasteiger partial charge < -0.3 is 15.4 Å².